The van der Waals surface area contributed by atoms with E-state index in [9.17, 15) is 9.18 Å². The molecule has 3 aromatic rings. The normalized spacial score (nSPS) is 15.1. The van der Waals surface area contributed by atoms with Gasteiger partial charge in [-0.25, -0.2) is 9.18 Å². The van der Waals surface area contributed by atoms with Crippen molar-refractivity contribution in [2.24, 2.45) is 0 Å². The number of carbonyl (C=O) groups is 1. The maximum absolute atomic E-state index is 13.0. The average Bonchev–Trinajstić information content (AvgIpc) is 2.83. The number of fused-ring (bicyclic) bond motifs is 2. The van der Waals surface area contributed by atoms with Crippen molar-refractivity contribution >= 4 is 28.6 Å². The third-order valence-corrected chi connectivity index (χ3v) is 3.74. The summed E-state index contributed by atoms with van der Waals surface area (Å²) in [5.41, 5.74) is 2.12. The first kappa shape index (κ1) is 12.8. The summed E-state index contributed by atoms with van der Waals surface area (Å²) in [6.45, 7) is 0. The molecule has 1 heterocycles. The fourth-order valence-electron chi connectivity index (χ4n) is 2.64. The van der Waals surface area contributed by atoms with Gasteiger partial charge in [-0.05, 0) is 46.7 Å². The van der Waals surface area contributed by atoms with Crippen molar-refractivity contribution in [3.05, 3.63) is 83.2 Å². The van der Waals surface area contributed by atoms with E-state index in [1.807, 2.05) is 36.4 Å². The largest absolute Gasteiger partial charge is 0.422 e. The smallest absolute Gasteiger partial charge is 0.344 e. The van der Waals surface area contributed by atoms with Crippen LogP contribution in [0.15, 0.2) is 60.7 Å². The van der Waals surface area contributed by atoms with Gasteiger partial charge >= 0.3 is 5.97 Å². The van der Waals surface area contributed by atoms with Crippen molar-refractivity contribution in [3.8, 4) is 0 Å². The van der Waals surface area contributed by atoms with Crippen LogP contribution in [-0.2, 0) is 4.74 Å². The lowest BCUT2D eigenvalue weighted by molar-refractivity contribution is 0.0717. The number of carbonyl (C=O) groups excluding carboxylic acids is 1. The average molecular weight is 290 g/mol. The number of benzene rings is 3. The first-order valence-electron chi connectivity index (χ1n) is 6.93. The summed E-state index contributed by atoms with van der Waals surface area (Å²) < 4.78 is 18.3. The molecule has 0 radical (unpaired) electrons. The summed E-state index contributed by atoms with van der Waals surface area (Å²) in [6, 6.07) is 17.7. The Morgan fingerprint density at radius 1 is 0.864 bits per heavy atom. The quantitative estimate of drug-likeness (QED) is 0.610. The summed E-state index contributed by atoms with van der Waals surface area (Å²) in [4.78, 5) is 12.0. The van der Waals surface area contributed by atoms with Gasteiger partial charge in [0.1, 0.15) is 11.6 Å². The maximum atomic E-state index is 13.0. The first-order valence-corrected chi connectivity index (χ1v) is 6.93. The highest BCUT2D eigenvalue weighted by molar-refractivity contribution is 6.09. The van der Waals surface area contributed by atoms with E-state index in [0.717, 1.165) is 21.9 Å². The third-order valence-electron chi connectivity index (χ3n) is 3.74. The van der Waals surface area contributed by atoms with Gasteiger partial charge in [0, 0.05) is 5.56 Å². The Morgan fingerprint density at radius 3 is 2.18 bits per heavy atom. The zero-order valence-electron chi connectivity index (χ0n) is 11.5. The minimum Gasteiger partial charge on any atom is -0.422 e. The van der Waals surface area contributed by atoms with Crippen LogP contribution in [0.1, 0.15) is 21.5 Å². The minimum atomic E-state index is -0.353. The molecule has 0 atom stereocenters. The lowest BCUT2D eigenvalue weighted by atomic mass is 10.0. The number of halogens is 1. The fraction of sp³-hybridized carbons (Fsp3) is 0. The standard InChI is InChI=1S/C19H11FO2/c20-15-7-5-12(6-8-15)9-18-16-10-13-3-1-2-4-14(13)11-17(16)19(21)22-18/h1-11H. The third kappa shape index (κ3) is 2.07. The van der Waals surface area contributed by atoms with Crippen LogP contribution in [0, 0.1) is 5.82 Å². The van der Waals surface area contributed by atoms with Gasteiger partial charge in [-0.2, -0.15) is 0 Å². The predicted octanol–water partition coefficient (Wildman–Crippen LogP) is 4.65. The fourth-order valence-corrected chi connectivity index (χ4v) is 2.64. The zero-order valence-corrected chi connectivity index (χ0v) is 11.5. The van der Waals surface area contributed by atoms with Crippen LogP contribution in [0.5, 0.6) is 0 Å². The monoisotopic (exact) mass is 290 g/mol. The number of cyclic esters (lactones) is 1. The van der Waals surface area contributed by atoms with Gasteiger partial charge < -0.3 is 4.74 Å². The van der Waals surface area contributed by atoms with Crippen LogP contribution >= 0.6 is 0 Å². The van der Waals surface area contributed by atoms with E-state index in [-0.39, 0.29) is 11.8 Å². The highest BCUT2D eigenvalue weighted by Crippen LogP contribution is 2.34. The highest BCUT2D eigenvalue weighted by Gasteiger charge is 2.26. The van der Waals surface area contributed by atoms with E-state index in [4.69, 9.17) is 4.74 Å². The molecule has 0 saturated heterocycles. The van der Waals surface area contributed by atoms with E-state index in [1.54, 1.807) is 18.2 Å². The molecule has 106 valence electrons. The molecular formula is C19H11FO2. The van der Waals surface area contributed by atoms with Crippen LogP contribution in [0.3, 0.4) is 0 Å². The van der Waals surface area contributed by atoms with Crippen LogP contribution < -0.4 is 0 Å². The van der Waals surface area contributed by atoms with Crippen LogP contribution in [0.4, 0.5) is 4.39 Å². The Kier molecular flexibility index (Phi) is 2.79. The molecule has 3 aromatic carbocycles. The summed E-state index contributed by atoms with van der Waals surface area (Å²) in [5.74, 6) is -0.150. The molecule has 4 rings (SSSR count). The summed E-state index contributed by atoms with van der Waals surface area (Å²) in [6.07, 6.45) is 1.75. The Balaban J connectivity index is 1.87. The van der Waals surface area contributed by atoms with E-state index in [0.29, 0.717) is 11.3 Å². The Bertz CT molecular complexity index is 924. The molecule has 0 saturated carbocycles. The molecular weight excluding hydrogens is 279 g/mol. The number of hydrogen-bond acceptors (Lipinski definition) is 2. The zero-order chi connectivity index (χ0) is 15.1. The van der Waals surface area contributed by atoms with Gasteiger partial charge in [0.05, 0.1) is 5.56 Å². The molecule has 22 heavy (non-hydrogen) atoms. The molecule has 2 nitrogen and oxygen atoms in total. The second-order valence-electron chi connectivity index (χ2n) is 5.19. The van der Waals surface area contributed by atoms with Gasteiger partial charge in [0.25, 0.3) is 0 Å². The van der Waals surface area contributed by atoms with E-state index >= 15 is 0 Å². The van der Waals surface area contributed by atoms with Crippen molar-refractivity contribution in [2.45, 2.75) is 0 Å². The van der Waals surface area contributed by atoms with E-state index < -0.39 is 0 Å². The number of esters is 1. The van der Waals surface area contributed by atoms with Gasteiger partial charge in [-0.3, -0.25) is 0 Å². The Hall–Kier alpha value is -2.94. The van der Waals surface area contributed by atoms with Crippen molar-refractivity contribution in [3.63, 3.8) is 0 Å². The Morgan fingerprint density at radius 2 is 1.50 bits per heavy atom. The van der Waals surface area contributed by atoms with Gasteiger partial charge in [0.2, 0.25) is 0 Å². The lowest BCUT2D eigenvalue weighted by Gasteiger charge is -2.02. The molecule has 0 fully saturated rings. The predicted molar refractivity (Wildman–Crippen MR) is 83.6 cm³/mol. The first-order chi connectivity index (χ1) is 10.7. The highest BCUT2D eigenvalue weighted by atomic mass is 19.1. The lowest BCUT2D eigenvalue weighted by Crippen LogP contribution is -1.93. The minimum absolute atomic E-state index is 0.294. The molecule has 0 unspecified atom stereocenters. The summed E-state index contributed by atoms with van der Waals surface area (Å²) in [5, 5.41) is 2.05. The van der Waals surface area contributed by atoms with Crippen molar-refractivity contribution in [1.29, 1.82) is 0 Å². The topological polar surface area (TPSA) is 26.3 Å². The summed E-state index contributed by atoms with van der Waals surface area (Å²) in [7, 11) is 0. The van der Waals surface area contributed by atoms with E-state index in [1.165, 1.54) is 12.1 Å². The number of rotatable bonds is 1. The SMILES string of the molecule is O=C1OC(=Cc2ccc(F)cc2)c2cc3ccccc3cc21. The number of hydrogen-bond donors (Lipinski definition) is 0. The molecule has 3 heteroatoms. The maximum Gasteiger partial charge on any atom is 0.344 e. The van der Waals surface area contributed by atoms with Gasteiger partial charge in [-0.15, -0.1) is 0 Å². The van der Waals surface area contributed by atoms with Gasteiger partial charge in [0.15, 0.2) is 0 Å². The van der Waals surface area contributed by atoms with Gasteiger partial charge in [-0.1, -0.05) is 36.4 Å². The molecule has 0 spiro atoms. The van der Waals surface area contributed by atoms with Crippen LogP contribution in [-0.4, -0.2) is 5.97 Å². The molecule has 0 aliphatic carbocycles. The molecule has 1 aliphatic heterocycles. The van der Waals surface area contributed by atoms with Crippen molar-refractivity contribution < 1.29 is 13.9 Å². The Labute approximate surface area is 126 Å². The molecule has 0 N–H and O–H groups in total. The second kappa shape index (κ2) is 4.81. The molecule has 0 amide bonds. The molecule has 0 aromatic heterocycles. The molecule has 0 bridgehead atoms. The number of ether oxygens (including phenoxy) is 1. The second-order valence-corrected chi connectivity index (χ2v) is 5.19. The molecule has 1 aliphatic rings. The van der Waals surface area contributed by atoms with Crippen molar-refractivity contribution in [2.75, 3.05) is 0 Å². The van der Waals surface area contributed by atoms with E-state index in [2.05, 4.69) is 0 Å². The summed E-state index contributed by atoms with van der Waals surface area (Å²) >= 11 is 0. The van der Waals surface area contributed by atoms with Crippen LogP contribution in [0.25, 0.3) is 22.6 Å². The van der Waals surface area contributed by atoms with Crippen LogP contribution in [0.2, 0.25) is 0 Å². The van der Waals surface area contributed by atoms with Crippen molar-refractivity contribution in [1.82, 2.24) is 0 Å².